The van der Waals surface area contributed by atoms with Crippen molar-refractivity contribution in [3.05, 3.63) is 29.6 Å². The van der Waals surface area contributed by atoms with Crippen molar-refractivity contribution >= 4 is 17.9 Å². The normalized spacial score (nSPS) is 19.3. The molecule has 0 saturated heterocycles. The molecule has 2 N–H and O–H groups in total. The number of ether oxygens (including phenoxy) is 2. The van der Waals surface area contributed by atoms with Crippen LogP contribution in [0.5, 0.6) is 5.75 Å². The van der Waals surface area contributed by atoms with Gasteiger partial charge in [-0.3, -0.25) is 10.1 Å². The van der Waals surface area contributed by atoms with Crippen LogP contribution in [-0.2, 0) is 9.53 Å². The van der Waals surface area contributed by atoms with Crippen molar-refractivity contribution in [3.8, 4) is 5.75 Å². The Labute approximate surface area is 151 Å². The van der Waals surface area contributed by atoms with Gasteiger partial charge < -0.3 is 14.8 Å². The number of benzene rings is 1. The van der Waals surface area contributed by atoms with Crippen LogP contribution in [-0.4, -0.2) is 37.7 Å². The van der Waals surface area contributed by atoms with Crippen LogP contribution < -0.4 is 15.4 Å². The maximum atomic E-state index is 13.8. The van der Waals surface area contributed by atoms with Gasteiger partial charge in [-0.25, -0.2) is 14.0 Å². The summed E-state index contributed by atoms with van der Waals surface area (Å²) in [5.74, 6) is -2.00. The summed E-state index contributed by atoms with van der Waals surface area (Å²) < 4.78 is 23.4. The number of halogens is 1. The van der Waals surface area contributed by atoms with Crippen LogP contribution in [0.3, 0.4) is 0 Å². The van der Waals surface area contributed by atoms with Crippen molar-refractivity contribution in [3.63, 3.8) is 0 Å². The predicted molar refractivity (Wildman–Crippen MR) is 91.3 cm³/mol. The number of methoxy groups -OCH3 is 1. The van der Waals surface area contributed by atoms with Gasteiger partial charge in [-0.1, -0.05) is 19.8 Å². The fourth-order valence-corrected chi connectivity index (χ4v) is 2.90. The highest BCUT2D eigenvalue weighted by Crippen LogP contribution is 2.23. The molecule has 0 unspecified atom stereocenters. The lowest BCUT2D eigenvalue weighted by molar-refractivity contribution is -0.123. The Morgan fingerprint density at radius 2 is 1.96 bits per heavy atom. The summed E-state index contributed by atoms with van der Waals surface area (Å²) in [6, 6.07) is 3.03. The van der Waals surface area contributed by atoms with Crippen molar-refractivity contribution in [2.24, 2.45) is 5.92 Å². The van der Waals surface area contributed by atoms with Gasteiger partial charge in [0.1, 0.15) is 11.6 Å². The number of nitrogens with one attached hydrogen (secondary N) is 2. The Morgan fingerprint density at radius 3 is 2.62 bits per heavy atom. The second-order valence-corrected chi connectivity index (χ2v) is 6.31. The highest BCUT2D eigenvalue weighted by molar-refractivity contribution is 5.97. The smallest absolute Gasteiger partial charge is 0.341 e. The van der Waals surface area contributed by atoms with Crippen LogP contribution in [0, 0.1) is 11.7 Å². The van der Waals surface area contributed by atoms with Crippen molar-refractivity contribution in [2.75, 3.05) is 13.7 Å². The molecule has 2 rings (SSSR count). The molecule has 1 aromatic rings. The molecule has 7 nitrogen and oxygen atoms in total. The Hall–Kier alpha value is -2.64. The van der Waals surface area contributed by atoms with Crippen molar-refractivity contribution < 1.29 is 28.2 Å². The molecule has 142 valence electrons. The third-order valence-corrected chi connectivity index (χ3v) is 4.41. The second-order valence-electron chi connectivity index (χ2n) is 6.31. The average molecular weight is 366 g/mol. The fourth-order valence-electron chi connectivity index (χ4n) is 2.90. The minimum absolute atomic E-state index is 0.0208. The standard InChI is InChI=1S/C18H23FN2O5/c1-11-5-3-4-6-15(11)20-18(24)21-16(22)10-26-17(23)13-8-7-12(25-2)9-14(13)19/h7-9,11,15H,3-6,10H2,1-2H3,(H2,20,21,22,24)/t11-,15-/m0/s1. The molecule has 0 heterocycles. The molecule has 1 aliphatic carbocycles. The van der Waals surface area contributed by atoms with E-state index in [4.69, 9.17) is 9.47 Å². The molecule has 1 aromatic carbocycles. The van der Waals surface area contributed by atoms with Gasteiger partial charge in [0, 0.05) is 12.1 Å². The molecule has 0 bridgehead atoms. The summed E-state index contributed by atoms with van der Waals surface area (Å²) in [6.45, 7) is 1.37. The van der Waals surface area contributed by atoms with Gasteiger partial charge in [0.25, 0.3) is 5.91 Å². The molecule has 0 radical (unpaired) electrons. The van der Waals surface area contributed by atoms with E-state index in [0.717, 1.165) is 31.7 Å². The van der Waals surface area contributed by atoms with Crippen molar-refractivity contribution in [1.29, 1.82) is 0 Å². The number of amides is 3. The number of esters is 1. The van der Waals surface area contributed by atoms with Crippen molar-refractivity contribution in [1.82, 2.24) is 10.6 Å². The van der Waals surface area contributed by atoms with Crippen molar-refractivity contribution in [2.45, 2.75) is 38.6 Å². The molecule has 1 aliphatic rings. The van der Waals surface area contributed by atoms with Crippen LogP contribution in [0.1, 0.15) is 43.0 Å². The minimum atomic E-state index is -0.999. The molecule has 3 amide bonds. The van der Waals surface area contributed by atoms with E-state index in [1.165, 1.54) is 19.2 Å². The zero-order chi connectivity index (χ0) is 19.1. The second kappa shape index (κ2) is 9.17. The van der Waals surface area contributed by atoms with Gasteiger partial charge in [0.15, 0.2) is 6.61 Å². The van der Waals surface area contributed by atoms with Crippen LogP contribution in [0.4, 0.5) is 9.18 Å². The average Bonchev–Trinajstić information content (AvgIpc) is 2.61. The molecule has 0 aliphatic heterocycles. The molecule has 0 aromatic heterocycles. The van der Waals surface area contributed by atoms with Gasteiger partial charge >= 0.3 is 12.0 Å². The first-order valence-electron chi connectivity index (χ1n) is 8.51. The number of carbonyl (C=O) groups excluding carboxylic acids is 3. The van der Waals surface area contributed by atoms with E-state index in [2.05, 4.69) is 17.6 Å². The number of carbonyl (C=O) groups is 3. The molecule has 2 atom stereocenters. The minimum Gasteiger partial charge on any atom is -0.497 e. The van der Waals surface area contributed by atoms with Gasteiger partial charge in [0.05, 0.1) is 12.7 Å². The Morgan fingerprint density at radius 1 is 1.23 bits per heavy atom. The lowest BCUT2D eigenvalue weighted by Gasteiger charge is -2.29. The topological polar surface area (TPSA) is 93.7 Å². The summed E-state index contributed by atoms with van der Waals surface area (Å²) in [7, 11) is 1.37. The van der Waals surface area contributed by atoms with Gasteiger partial charge in [-0.15, -0.1) is 0 Å². The van der Waals surface area contributed by atoms with Gasteiger partial charge in [-0.2, -0.15) is 0 Å². The maximum Gasteiger partial charge on any atom is 0.341 e. The number of hydrogen-bond donors (Lipinski definition) is 2. The zero-order valence-electron chi connectivity index (χ0n) is 14.8. The first kappa shape index (κ1) is 19.7. The number of rotatable bonds is 5. The van der Waals surface area contributed by atoms with E-state index in [1.807, 2.05) is 0 Å². The maximum absolute atomic E-state index is 13.8. The Bertz CT molecular complexity index is 680. The summed E-state index contributed by atoms with van der Waals surface area (Å²) in [5.41, 5.74) is -0.320. The van der Waals surface area contributed by atoms with E-state index in [9.17, 15) is 18.8 Å². The third kappa shape index (κ3) is 5.44. The fraction of sp³-hybridized carbons (Fsp3) is 0.500. The van der Waals surface area contributed by atoms with Crippen LogP contribution in [0.25, 0.3) is 0 Å². The lowest BCUT2D eigenvalue weighted by Crippen LogP contribution is -2.48. The molecule has 1 saturated carbocycles. The highest BCUT2D eigenvalue weighted by Gasteiger charge is 2.23. The summed E-state index contributed by atoms with van der Waals surface area (Å²) in [6.07, 6.45) is 4.07. The summed E-state index contributed by atoms with van der Waals surface area (Å²) in [4.78, 5) is 35.4. The molecule has 1 fully saturated rings. The SMILES string of the molecule is COc1ccc(C(=O)OCC(=O)NC(=O)N[C@H]2CCCC[C@@H]2C)c(F)c1. The predicted octanol–water partition coefficient (Wildman–Crippen LogP) is 2.40. The van der Waals surface area contributed by atoms with E-state index >= 15 is 0 Å². The van der Waals surface area contributed by atoms with E-state index in [-0.39, 0.29) is 17.4 Å². The molecular weight excluding hydrogens is 343 g/mol. The molecule has 26 heavy (non-hydrogen) atoms. The number of urea groups is 1. The number of imide groups is 1. The summed E-state index contributed by atoms with van der Waals surface area (Å²) >= 11 is 0. The number of hydrogen-bond acceptors (Lipinski definition) is 5. The zero-order valence-corrected chi connectivity index (χ0v) is 14.8. The first-order chi connectivity index (χ1) is 12.4. The quantitative estimate of drug-likeness (QED) is 0.781. The van der Waals surface area contributed by atoms with E-state index in [0.29, 0.717) is 5.92 Å². The van der Waals surface area contributed by atoms with Gasteiger partial charge in [0.2, 0.25) is 0 Å². The first-order valence-corrected chi connectivity index (χ1v) is 8.51. The summed E-state index contributed by atoms with van der Waals surface area (Å²) in [5, 5.41) is 4.86. The Balaban J connectivity index is 1.79. The van der Waals surface area contributed by atoms with E-state index in [1.54, 1.807) is 0 Å². The molecule has 0 spiro atoms. The van der Waals surface area contributed by atoms with Crippen LogP contribution >= 0.6 is 0 Å². The highest BCUT2D eigenvalue weighted by atomic mass is 19.1. The van der Waals surface area contributed by atoms with Crippen LogP contribution in [0.15, 0.2) is 18.2 Å². The largest absolute Gasteiger partial charge is 0.497 e. The lowest BCUT2D eigenvalue weighted by atomic mass is 9.86. The monoisotopic (exact) mass is 366 g/mol. The van der Waals surface area contributed by atoms with Gasteiger partial charge in [-0.05, 0) is 30.9 Å². The molecular formula is C18H23FN2O5. The third-order valence-electron chi connectivity index (χ3n) is 4.41. The molecule has 8 heteroatoms. The van der Waals surface area contributed by atoms with Crippen LogP contribution in [0.2, 0.25) is 0 Å². The van der Waals surface area contributed by atoms with E-state index < -0.39 is 30.3 Å². The Kier molecular flexibility index (Phi) is 6.94.